The van der Waals surface area contributed by atoms with Crippen LogP contribution in [0.2, 0.25) is 0 Å². The fraction of sp³-hybridized carbons (Fsp3) is 0.235. The average Bonchev–Trinajstić information content (AvgIpc) is 3.25. The predicted octanol–water partition coefficient (Wildman–Crippen LogP) is 4.11. The quantitative estimate of drug-likeness (QED) is 0.575. The van der Waals surface area contributed by atoms with E-state index < -0.39 is 0 Å². The lowest BCUT2D eigenvalue weighted by Crippen LogP contribution is -2.07. The number of nitrogens with one attached hydrogen (secondary N) is 1. The van der Waals surface area contributed by atoms with E-state index in [4.69, 9.17) is 4.98 Å². The first-order valence-electron chi connectivity index (χ1n) is 7.59. The Hall–Kier alpha value is -2.27. The van der Waals surface area contributed by atoms with Crippen molar-refractivity contribution < 1.29 is 0 Å². The van der Waals surface area contributed by atoms with E-state index in [9.17, 15) is 0 Å². The van der Waals surface area contributed by atoms with Gasteiger partial charge in [0.1, 0.15) is 10.7 Å². The van der Waals surface area contributed by atoms with E-state index in [-0.39, 0.29) is 0 Å². The molecule has 5 rings (SSSR count). The molecule has 1 aromatic carbocycles. The van der Waals surface area contributed by atoms with Crippen molar-refractivity contribution >= 4 is 33.1 Å². The fourth-order valence-electron chi connectivity index (χ4n) is 3.56. The Bertz CT molecular complexity index is 985. The second-order valence-electron chi connectivity index (χ2n) is 5.75. The van der Waals surface area contributed by atoms with Gasteiger partial charge in [0.2, 0.25) is 0 Å². The third-order valence-electron chi connectivity index (χ3n) is 4.52. The topological polar surface area (TPSA) is 54.5 Å². The number of H-pyrrole nitrogens is 1. The first-order chi connectivity index (χ1) is 10.9. The summed E-state index contributed by atoms with van der Waals surface area (Å²) in [5.74, 6) is 0. The maximum absolute atomic E-state index is 4.97. The zero-order valence-electron chi connectivity index (χ0n) is 12.0. The monoisotopic (exact) mass is 306 g/mol. The van der Waals surface area contributed by atoms with Gasteiger partial charge in [-0.15, -0.1) is 11.3 Å². The summed E-state index contributed by atoms with van der Waals surface area (Å²) >= 11 is 1.67. The smallest absolute Gasteiger partial charge is 0.142 e. The zero-order valence-corrected chi connectivity index (χ0v) is 12.8. The first-order valence-corrected chi connectivity index (χ1v) is 8.47. The van der Waals surface area contributed by atoms with Crippen molar-refractivity contribution in [2.45, 2.75) is 25.7 Å². The summed E-state index contributed by atoms with van der Waals surface area (Å²) in [7, 11) is 0. The number of benzene rings is 1. The van der Waals surface area contributed by atoms with Crippen LogP contribution in [0.4, 0.5) is 0 Å². The van der Waals surface area contributed by atoms with Crippen LogP contribution >= 0.6 is 11.3 Å². The van der Waals surface area contributed by atoms with Crippen LogP contribution in [0.1, 0.15) is 24.0 Å². The summed E-state index contributed by atoms with van der Waals surface area (Å²) in [6.07, 6.45) is 8.49. The van der Waals surface area contributed by atoms with Crippen molar-refractivity contribution in [3.05, 3.63) is 41.0 Å². The molecule has 0 bridgehead atoms. The number of hydrogen-bond donors (Lipinski definition) is 1. The average molecular weight is 306 g/mol. The van der Waals surface area contributed by atoms with Crippen molar-refractivity contribution in [1.29, 1.82) is 0 Å². The Morgan fingerprint density at radius 1 is 1.09 bits per heavy atom. The molecule has 0 saturated carbocycles. The molecule has 0 saturated heterocycles. The molecular formula is C17H14N4S. The van der Waals surface area contributed by atoms with E-state index in [0.29, 0.717) is 0 Å². The molecule has 0 aliphatic heterocycles. The van der Waals surface area contributed by atoms with E-state index in [1.165, 1.54) is 34.7 Å². The molecule has 22 heavy (non-hydrogen) atoms. The van der Waals surface area contributed by atoms with Crippen LogP contribution in [0.25, 0.3) is 32.5 Å². The fourth-order valence-corrected chi connectivity index (χ4v) is 4.22. The Labute approximate surface area is 131 Å². The molecular weight excluding hydrogens is 292 g/mol. The molecule has 0 amide bonds. The summed E-state index contributed by atoms with van der Waals surface area (Å²) in [4.78, 5) is 9.46. The Morgan fingerprint density at radius 3 is 2.86 bits per heavy atom. The molecule has 1 N–H and O–H groups in total. The van der Waals surface area contributed by atoms with Gasteiger partial charge in [-0.1, -0.05) is 0 Å². The van der Waals surface area contributed by atoms with Gasteiger partial charge in [0.05, 0.1) is 17.2 Å². The lowest BCUT2D eigenvalue weighted by Gasteiger charge is -2.20. The van der Waals surface area contributed by atoms with Crippen LogP contribution in [0, 0.1) is 0 Å². The van der Waals surface area contributed by atoms with Gasteiger partial charge >= 0.3 is 0 Å². The number of hydrogen-bond acceptors (Lipinski definition) is 4. The maximum atomic E-state index is 4.97. The van der Waals surface area contributed by atoms with Crippen LogP contribution in [0.15, 0.2) is 29.9 Å². The molecule has 3 aromatic heterocycles. The van der Waals surface area contributed by atoms with E-state index in [0.717, 1.165) is 34.6 Å². The van der Waals surface area contributed by atoms with Gasteiger partial charge in [-0.2, -0.15) is 5.10 Å². The van der Waals surface area contributed by atoms with E-state index in [2.05, 4.69) is 27.3 Å². The standard InChI is InChI=1S/C17H14N4S/c1-2-4-11-10(3-1)15-12-9-19-21-13(12)5-6-14(15)20-16(11)17-18-7-8-22-17/h5-9H,1-4H2,(H,19,21). The summed E-state index contributed by atoms with van der Waals surface area (Å²) in [6, 6.07) is 4.17. The minimum absolute atomic E-state index is 1.03. The molecule has 1 aliphatic rings. The van der Waals surface area contributed by atoms with Crippen LogP contribution in [-0.2, 0) is 12.8 Å². The highest BCUT2D eigenvalue weighted by Crippen LogP contribution is 2.38. The minimum atomic E-state index is 1.03. The lowest BCUT2D eigenvalue weighted by atomic mass is 9.87. The normalized spacial score (nSPS) is 14.5. The van der Waals surface area contributed by atoms with Crippen LogP contribution in [0.5, 0.6) is 0 Å². The zero-order chi connectivity index (χ0) is 14.5. The van der Waals surface area contributed by atoms with E-state index in [1.54, 1.807) is 11.3 Å². The number of rotatable bonds is 1. The minimum Gasteiger partial charge on any atom is -0.278 e. The van der Waals surface area contributed by atoms with Crippen molar-refractivity contribution in [3.63, 3.8) is 0 Å². The molecule has 108 valence electrons. The predicted molar refractivity (Wildman–Crippen MR) is 89.1 cm³/mol. The molecule has 0 spiro atoms. The third kappa shape index (κ3) is 1.66. The number of fused-ring (bicyclic) bond motifs is 5. The Kier molecular flexibility index (Phi) is 2.58. The summed E-state index contributed by atoms with van der Waals surface area (Å²) in [5.41, 5.74) is 6.07. The van der Waals surface area contributed by atoms with Gasteiger partial charge in [-0.25, -0.2) is 9.97 Å². The highest BCUT2D eigenvalue weighted by Gasteiger charge is 2.21. The van der Waals surface area contributed by atoms with Crippen molar-refractivity contribution in [1.82, 2.24) is 20.2 Å². The lowest BCUT2D eigenvalue weighted by molar-refractivity contribution is 0.689. The molecule has 0 radical (unpaired) electrons. The maximum Gasteiger partial charge on any atom is 0.142 e. The molecule has 4 aromatic rings. The molecule has 0 atom stereocenters. The molecule has 0 unspecified atom stereocenters. The van der Waals surface area contributed by atoms with Crippen LogP contribution < -0.4 is 0 Å². The molecule has 0 fully saturated rings. The highest BCUT2D eigenvalue weighted by atomic mass is 32.1. The van der Waals surface area contributed by atoms with Crippen LogP contribution in [0.3, 0.4) is 0 Å². The van der Waals surface area contributed by atoms with Gasteiger partial charge in [-0.05, 0) is 48.9 Å². The van der Waals surface area contributed by atoms with Gasteiger partial charge < -0.3 is 0 Å². The largest absolute Gasteiger partial charge is 0.278 e. The second kappa shape index (κ2) is 4.61. The van der Waals surface area contributed by atoms with Gasteiger partial charge in [0.25, 0.3) is 0 Å². The van der Waals surface area contributed by atoms with Crippen molar-refractivity contribution in [2.24, 2.45) is 0 Å². The van der Waals surface area contributed by atoms with Gasteiger partial charge in [0.15, 0.2) is 0 Å². The highest BCUT2D eigenvalue weighted by molar-refractivity contribution is 7.13. The number of nitrogens with zero attached hydrogens (tertiary/aromatic N) is 3. The van der Waals surface area contributed by atoms with Crippen molar-refractivity contribution in [3.8, 4) is 10.7 Å². The van der Waals surface area contributed by atoms with Gasteiger partial charge in [0, 0.05) is 22.3 Å². The molecule has 3 heterocycles. The number of thiazole rings is 1. The number of aryl methyl sites for hydroxylation is 1. The van der Waals surface area contributed by atoms with Crippen molar-refractivity contribution in [2.75, 3.05) is 0 Å². The van der Waals surface area contributed by atoms with E-state index in [1.807, 2.05) is 17.8 Å². The summed E-state index contributed by atoms with van der Waals surface area (Å²) < 4.78 is 0. The molecule has 1 aliphatic carbocycles. The van der Waals surface area contributed by atoms with Crippen LogP contribution in [-0.4, -0.2) is 20.2 Å². The Balaban J connectivity index is 1.95. The Morgan fingerprint density at radius 2 is 2.00 bits per heavy atom. The van der Waals surface area contributed by atoms with E-state index >= 15 is 0 Å². The number of aromatic amines is 1. The molecule has 4 nitrogen and oxygen atoms in total. The summed E-state index contributed by atoms with van der Waals surface area (Å²) in [5, 5.41) is 12.8. The number of pyridine rings is 1. The third-order valence-corrected chi connectivity index (χ3v) is 5.30. The second-order valence-corrected chi connectivity index (χ2v) is 6.65. The van der Waals surface area contributed by atoms with Gasteiger partial charge in [-0.3, -0.25) is 5.10 Å². The SMILES string of the molecule is c1csc(-c2nc3ccc4[nH]ncc4c3c3c2CCCC3)n1. The first kappa shape index (κ1) is 12.3. The number of aromatic nitrogens is 4. The molecule has 5 heteroatoms. The summed E-state index contributed by atoms with van der Waals surface area (Å²) in [6.45, 7) is 0.